The number of hydrogen-bond donors (Lipinski definition) is 4. The molecule has 1 fully saturated rings. The molecule has 1 rings (SSSR count). The van der Waals surface area contributed by atoms with Crippen molar-refractivity contribution >= 4 is 11.9 Å². The highest BCUT2D eigenvalue weighted by atomic mass is 16.7. The Hall–Kier alpha value is -2.60. The van der Waals surface area contributed by atoms with Crippen LogP contribution in [-0.4, -0.2) is 89.0 Å². The maximum absolute atomic E-state index is 12.8. The first kappa shape index (κ1) is 54.4. The monoisotopic (exact) mass is 833 g/mol. The highest BCUT2D eigenvalue weighted by Crippen LogP contribution is 2.22. The van der Waals surface area contributed by atoms with Crippen molar-refractivity contribution in [2.24, 2.45) is 0 Å². The van der Waals surface area contributed by atoms with E-state index in [1.54, 1.807) is 0 Å². The van der Waals surface area contributed by atoms with Gasteiger partial charge in [0, 0.05) is 12.8 Å². The van der Waals surface area contributed by atoms with Gasteiger partial charge in [-0.05, 0) is 83.5 Å². The number of aliphatic hydroxyl groups excluding tert-OH is 4. The lowest BCUT2D eigenvalue weighted by molar-refractivity contribution is -0.305. The van der Waals surface area contributed by atoms with Crippen LogP contribution < -0.4 is 0 Å². The number of carbonyl (C=O) groups is 2. The van der Waals surface area contributed by atoms with E-state index in [1.165, 1.54) is 83.5 Å². The summed E-state index contributed by atoms with van der Waals surface area (Å²) in [5.41, 5.74) is 0. The molecule has 1 aliphatic rings. The Morgan fingerprint density at radius 2 is 0.949 bits per heavy atom. The molecule has 0 aromatic carbocycles. The van der Waals surface area contributed by atoms with Gasteiger partial charge >= 0.3 is 11.9 Å². The molecule has 0 spiro atoms. The van der Waals surface area contributed by atoms with E-state index in [0.29, 0.717) is 12.8 Å². The predicted octanol–water partition coefficient (Wildman–Crippen LogP) is 10.2. The van der Waals surface area contributed by atoms with Crippen LogP contribution in [0.1, 0.15) is 181 Å². The van der Waals surface area contributed by atoms with Crippen LogP contribution in [0.3, 0.4) is 0 Å². The van der Waals surface area contributed by atoms with E-state index in [-0.39, 0.29) is 26.1 Å². The van der Waals surface area contributed by atoms with Crippen LogP contribution in [0, 0.1) is 0 Å². The average Bonchev–Trinajstić information content (AvgIpc) is 3.23. The van der Waals surface area contributed by atoms with Gasteiger partial charge in [-0.3, -0.25) is 9.59 Å². The molecule has 0 aliphatic carbocycles. The maximum atomic E-state index is 12.8. The van der Waals surface area contributed by atoms with Crippen molar-refractivity contribution in [2.45, 2.75) is 218 Å². The van der Waals surface area contributed by atoms with E-state index >= 15 is 0 Å². The number of ether oxygens (including phenoxy) is 4. The number of allylic oxidation sites excluding steroid dienone is 10. The third kappa shape index (κ3) is 31.0. The molecule has 340 valence electrons. The molecule has 10 nitrogen and oxygen atoms in total. The molecule has 0 bridgehead atoms. The van der Waals surface area contributed by atoms with Gasteiger partial charge in [0.2, 0.25) is 0 Å². The van der Waals surface area contributed by atoms with Gasteiger partial charge in [0.25, 0.3) is 0 Å². The quantitative estimate of drug-likeness (QED) is 0.0269. The summed E-state index contributed by atoms with van der Waals surface area (Å²) < 4.78 is 22.1. The van der Waals surface area contributed by atoms with Gasteiger partial charge < -0.3 is 39.4 Å². The third-order valence-electron chi connectivity index (χ3n) is 10.4. The number of aliphatic hydroxyl groups is 4. The lowest BCUT2D eigenvalue weighted by Gasteiger charge is -2.39. The fourth-order valence-electron chi connectivity index (χ4n) is 6.64. The summed E-state index contributed by atoms with van der Waals surface area (Å²) in [5, 5.41) is 40.1. The highest BCUT2D eigenvalue weighted by molar-refractivity contribution is 5.70. The summed E-state index contributed by atoms with van der Waals surface area (Å²) in [6.07, 6.45) is 40.8. The average molecular weight is 833 g/mol. The summed E-state index contributed by atoms with van der Waals surface area (Å²) in [6.45, 7) is 3.34. The molecule has 0 aromatic rings. The Morgan fingerprint density at radius 3 is 1.51 bits per heavy atom. The molecule has 2 unspecified atom stereocenters. The van der Waals surface area contributed by atoms with E-state index in [9.17, 15) is 30.0 Å². The number of carbonyl (C=O) groups excluding carboxylic acids is 2. The maximum Gasteiger partial charge on any atom is 0.306 e. The standard InChI is InChI=1S/C49H84O10/c1-3-5-7-9-11-13-15-17-19-20-21-22-24-26-28-30-32-34-36-38-45(52)58-42(41-57-49-48(55)47(54)46(53)43(39-50)59-49)40-56-44(51)37-35-33-31-29-27-25-23-18-16-14-12-10-8-6-4-2/h11,13,17,19,21-22,26-29,42-43,46-50,53-55H,3-10,12,14-16,18,20,23-25,30-41H2,1-2H3/b13-11+,19-17+,22-21+,28-26+,29-27+/t42-,43-,46+,47?,48?,49-/m1/s1. The Morgan fingerprint density at radius 1 is 0.525 bits per heavy atom. The zero-order valence-corrected chi connectivity index (χ0v) is 37.0. The van der Waals surface area contributed by atoms with Crippen LogP contribution in [0.25, 0.3) is 0 Å². The van der Waals surface area contributed by atoms with E-state index in [2.05, 4.69) is 74.6 Å². The summed E-state index contributed by atoms with van der Waals surface area (Å²) in [6, 6.07) is 0. The first-order valence-electron chi connectivity index (χ1n) is 23.4. The van der Waals surface area contributed by atoms with Crippen molar-refractivity contribution in [1.29, 1.82) is 0 Å². The van der Waals surface area contributed by atoms with Crippen molar-refractivity contribution in [2.75, 3.05) is 19.8 Å². The van der Waals surface area contributed by atoms with Gasteiger partial charge in [0.1, 0.15) is 31.0 Å². The molecule has 6 atom stereocenters. The second-order valence-electron chi connectivity index (χ2n) is 15.8. The predicted molar refractivity (Wildman–Crippen MR) is 238 cm³/mol. The van der Waals surface area contributed by atoms with Crippen molar-refractivity contribution in [1.82, 2.24) is 0 Å². The minimum atomic E-state index is -1.61. The topological polar surface area (TPSA) is 152 Å². The normalized spacial score (nSPS) is 20.5. The molecule has 0 radical (unpaired) electrons. The molecule has 1 heterocycles. The van der Waals surface area contributed by atoms with Gasteiger partial charge in [0.15, 0.2) is 12.4 Å². The van der Waals surface area contributed by atoms with Crippen LogP contribution in [0.15, 0.2) is 60.8 Å². The molecule has 0 aromatic heterocycles. The van der Waals surface area contributed by atoms with E-state index in [4.69, 9.17) is 18.9 Å². The molecule has 0 amide bonds. The molecule has 10 heteroatoms. The first-order valence-corrected chi connectivity index (χ1v) is 23.4. The van der Waals surface area contributed by atoms with Gasteiger partial charge in [-0.25, -0.2) is 0 Å². The Kier molecular flexibility index (Phi) is 36.5. The van der Waals surface area contributed by atoms with Crippen LogP contribution in [0.2, 0.25) is 0 Å². The van der Waals surface area contributed by atoms with Crippen LogP contribution >= 0.6 is 0 Å². The third-order valence-corrected chi connectivity index (χ3v) is 10.4. The minimum Gasteiger partial charge on any atom is -0.462 e. The molecule has 1 aliphatic heterocycles. The van der Waals surface area contributed by atoms with Crippen LogP contribution in [-0.2, 0) is 28.5 Å². The highest BCUT2D eigenvalue weighted by Gasteiger charge is 2.44. The minimum absolute atomic E-state index is 0.186. The lowest BCUT2D eigenvalue weighted by Crippen LogP contribution is -2.59. The van der Waals surface area contributed by atoms with E-state index in [1.807, 2.05) is 0 Å². The fraction of sp³-hybridized carbons (Fsp3) is 0.755. The van der Waals surface area contributed by atoms with Crippen molar-refractivity contribution in [3.63, 3.8) is 0 Å². The first-order chi connectivity index (χ1) is 28.8. The number of esters is 2. The van der Waals surface area contributed by atoms with Crippen molar-refractivity contribution < 1.29 is 49.0 Å². The summed E-state index contributed by atoms with van der Waals surface area (Å²) in [4.78, 5) is 25.3. The lowest BCUT2D eigenvalue weighted by atomic mass is 9.99. The zero-order valence-electron chi connectivity index (χ0n) is 37.0. The number of rotatable bonds is 38. The molecular weight excluding hydrogens is 749 g/mol. The summed E-state index contributed by atoms with van der Waals surface area (Å²) in [5.74, 6) is -0.871. The van der Waals surface area contributed by atoms with Gasteiger partial charge in [-0.15, -0.1) is 0 Å². The second-order valence-corrected chi connectivity index (χ2v) is 15.8. The van der Waals surface area contributed by atoms with Gasteiger partial charge in [-0.2, -0.15) is 0 Å². The molecule has 59 heavy (non-hydrogen) atoms. The van der Waals surface area contributed by atoms with Gasteiger partial charge in [-0.1, -0.05) is 145 Å². The van der Waals surface area contributed by atoms with E-state index < -0.39 is 55.4 Å². The van der Waals surface area contributed by atoms with Crippen molar-refractivity contribution in [3.05, 3.63) is 60.8 Å². The van der Waals surface area contributed by atoms with E-state index in [0.717, 1.165) is 57.8 Å². The summed E-state index contributed by atoms with van der Waals surface area (Å²) in [7, 11) is 0. The molecule has 0 saturated carbocycles. The van der Waals surface area contributed by atoms with Crippen LogP contribution in [0.5, 0.6) is 0 Å². The number of hydrogen-bond acceptors (Lipinski definition) is 10. The summed E-state index contributed by atoms with van der Waals surface area (Å²) >= 11 is 0. The Balaban J connectivity index is 2.37. The largest absolute Gasteiger partial charge is 0.462 e. The second kappa shape index (κ2) is 39.5. The number of unbranched alkanes of at least 4 members (excludes halogenated alkanes) is 17. The molecule has 4 N–H and O–H groups in total. The van der Waals surface area contributed by atoms with Crippen LogP contribution in [0.4, 0.5) is 0 Å². The van der Waals surface area contributed by atoms with Crippen molar-refractivity contribution in [3.8, 4) is 0 Å². The Bertz CT molecular complexity index is 1150. The van der Waals surface area contributed by atoms with Gasteiger partial charge in [0.05, 0.1) is 13.2 Å². The fourth-order valence-corrected chi connectivity index (χ4v) is 6.64. The zero-order chi connectivity index (χ0) is 43.0. The SMILES string of the molecule is CCCCC/C=C/C/C=C/C/C=C/C/C=C/CCCCCC(=O)O[C@H](COC(=O)CCCC/C=C/CCCCCCCCCCC)CO[C@@H]1O[C@H](CO)[C@H](O)C(O)C1O. The Labute approximate surface area is 358 Å². The smallest absolute Gasteiger partial charge is 0.306 e. The molecular formula is C49H84O10. The molecule has 1 saturated heterocycles.